The summed E-state index contributed by atoms with van der Waals surface area (Å²) in [6, 6.07) is 1.79. The van der Waals surface area contributed by atoms with Crippen LogP contribution >= 0.6 is 0 Å². The van der Waals surface area contributed by atoms with Crippen LogP contribution in [0.25, 0.3) is 0 Å². The zero-order valence-electron chi connectivity index (χ0n) is 19.2. The van der Waals surface area contributed by atoms with E-state index in [0.717, 1.165) is 69.3 Å². The molecule has 2 aromatic heterocycles. The summed E-state index contributed by atoms with van der Waals surface area (Å²) in [6.07, 6.45) is 9.42. The maximum Gasteiger partial charge on any atom is 0.261 e. The lowest BCUT2D eigenvalue weighted by molar-refractivity contribution is 0.0702. The molecule has 1 N–H and O–H groups in total. The van der Waals surface area contributed by atoms with E-state index in [9.17, 15) is 14.4 Å². The molecule has 0 unspecified atom stereocenters. The van der Waals surface area contributed by atoms with Crippen molar-refractivity contribution in [1.29, 1.82) is 0 Å². The lowest BCUT2D eigenvalue weighted by Crippen LogP contribution is -2.41. The molecule has 0 radical (unpaired) electrons. The van der Waals surface area contributed by atoms with E-state index in [-0.39, 0.29) is 28.9 Å². The highest BCUT2D eigenvalue weighted by Gasteiger charge is 2.30. The molecular formula is C25H31N5O3. The summed E-state index contributed by atoms with van der Waals surface area (Å²) in [5, 5.41) is 0. The molecule has 0 spiro atoms. The molecule has 8 heteroatoms. The van der Waals surface area contributed by atoms with Crippen LogP contribution in [0.15, 0.2) is 17.1 Å². The number of aryl methyl sites for hydroxylation is 3. The summed E-state index contributed by atoms with van der Waals surface area (Å²) >= 11 is 0. The Morgan fingerprint density at radius 1 is 0.970 bits per heavy atom. The summed E-state index contributed by atoms with van der Waals surface area (Å²) < 4.78 is 0. The maximum absolute atomic E-state index is 13.2. The number of hydrogen-bond acceptors (Lipinski definition) is 5. The van der Waals surface area contributed by atoms with Gasteiger partial charge in [-0.15, -0.1) is 0 Å². The Morgan fingerprint density at radius 3 is 2.52 bits per heavy atom. The summed E-state index contributed by atoms with van der Waals surface area (Å²) in [4.78, 5) is 54.4. The molecule has 2 amide bonds. The van der Waals surface area contributed by atoms with E-state index in [4.69, 9.17) is 0 Å². The molecule has 2 fully saturated rings. The van der Waals surface area contributed by atoms with E-state index >= 15 is 0 Å². The number of carbonyl (C=O) groups is 2. The van der Waals surface area contributed by atoms with Gasteiger partial charge in [0.15, 0.2) is 0 Å². The minimum Gasteiger partial charge on any atom is -0.339 e. The lowest BCUT2D eigenvalue weighted by atomic mass is 9.96. The molecule has 3 aliphatic rings. The van der Waals surface area contributed by atoms with Crippen molar-refractivity contribution in [2.45, 2.75) is 64.2 Å². The molecule has 0 aromatic carbocycles. The SMILES string of the molecule is Cc1nc([C@@H]2CCCN(C(=O)c3cc4c([nH]c3=O)CCC4)C2)ncc1C(=O)N1CCCCC1. The molecule has 1 aliphatic carbocycles. The molecule has 2 saturated heterocycles. The molecule has 0 saturated carbocycles. The van der Waals surface area contributed by atoms with Crippen molar-refractivity contribution in [3.05, 3.63) is 56.5 Å². The number of aromatic amines is 1. The third kappa shape index (κ3) is 4.30. The van der Waals surface area contributed by atoms with Crippen LogP contribution in [0.5, 0.6) is 0 Å². The number of nitrogens with zero attached hydrogens (tertiary/aromatic N) is 4. The monoisotopic (exact) mass is 449 g/mol. The fourth-order valence-corrected chi connectivity index (χ4v) is 5.37. The Balaban J connectivity index is 1.32. The third-order valence-electron chi connectivity index (χ3n) is 7.26. The average molecular weight is 450 g/mol. The number of rotatable bonds is 3. The van der Waals surface area contributed by atoms with Crippen LogP contribution in [0.1, 0.15) is 87.9 Å². The minimum atomic E-state index is -0.296. The van der Waals surface area contributed by atoms with E-state index in [0.29, 0.717) is 30.2 Å². The quantitative estimate of drug-likeness (QED) is 0.777. The van der Waals surface area contributed by atoms with Gasteiger partial charge < -0.3 is 14.8 Å². The zero-order valence-corrected chi connectivity index (χ0v) is 19.2. The highest BCUT2D eigenvalue weighted by molar-refractivity contribution is 5.95. The Bertz CT molecular complexity index is 1140. The van der Waals surface area contributed by atoms with Gasteiger partial charge in [0, 0.05) is 44.0 Å². The van der Waals surface area contributed by atoms with E-state index in [2.05, 4.69) is 15.0 Å². The molecule has 4 heterocycles. The van der Waals surface area contributed by atoms with Gasteiger partial charge in [-0.05, 0) is 69.9 Å². The van der Waals surface area contributed by atoms with Crippen LogP contribution in [0, 0.1) is 6.92 Å². The van der Waals surface area contributed by atoms with Crippen molar-refractivity contribution in [3.8, 4) is 0 Å². The Kier molecular flexibility index (Phi) is 6.00. The van der Waals surface area contributed by atoms with Crippen molar-refractivity contribution in [1.82, 2.24) is 24.8 Å². The van der Waals surface area contributed by atoms with Crippen molar-refractivity contribution in [3.63, 3.8) is 0 Å². The largest absolute Gasteiger partial charge is 0.339 e. The number of H-pyrrole nitrogens is 1. The van der Waals surface area contributed by atoms with Crippen molar-refractivity contribution < 1.29 is 9.59 Å². The Labute approximate surface area is 193 Å². The number of nitrogens with one attached hydrogen (secondary N) is 1. The molecule has 5 rings (SSSR count). The van der Waals surface area contributed by atoms with E-state index in [1.54, 1.807) is 17.2 Å². The zero-order chi connectivity index (χ0) is 22.9. The van der Waals surface area contributed by atoms with Crippen molar-refractivity contribution >= 4 is 11.8 Å². The van der Waals surface area contributed by atoms with Crippen LogP contribution < -0.4 is 5.56 Å². The first-order valence-electron chi connectivity index (χ1n) is 12.2. The summed E-state index contributed by atoms with van der Waals surface area (Å²) in [5.74, 6) is 0.455. The number of likely N-dealkylation sites (tertiary alicyclic amines) is 2. The lowest BCUT2D eigenvalue weighted by Gasteiger charge is -2.32. The Morgan fingerprint density at radius 2 is 1.73 bits per heavy atom. The first-order valence-corrected chi connectivity index (χ1v) is 12.2. The number of carbonyl (C=O) groups excluding carboxylic acids is 2. The van der Waals surface area contributed by atoms with Crippen LogP contribution in [0.4, 0.5) is 0 Å². The van der Waals surface area contributed by atoms with Crippen LogP contribution in [-0.4, -0.2) is 62.7 Å². The van der Waals surface area contributed by atoms with Gasteiger partial charge in [0.25, 0.3) is 17.4 Å². The number of piperidine rings is 2. The average Bonchev–Trinajstić information content (AvgIpc) is 3.30. The molecular weight excluding hydrogens is 418 g/mol. The van der Waals surface area contributed by atoms with E-state index in [1.165, 1.54) is 6.42 Å². The normalized spacial score (nSPS) is 20.6. The molecule has 2 aliphatic heterocycles. The standard InChI is InChI=1S/C25H31N5O3/c1-16-20(25(33)29-10-3-2-4-11-29)14-26-22(27-16)18-8-6-12-30(15-18)24(32)19-13-17-7-5-9-21(17)28-23(19)31/h13-14,18H,2-12,15H2,1H3,(H,28,31)/t18-/m1/s1. The molecule has 1 atom stereocenters. The molecule has 0 bridgehead atoms. The first-order chi connectivity index (χ1) is 16.0. The van der Waals surface area contributed by atoms with Gasteiger partial charge in [0.1, 0.15) is 11.4 Å². The predicted octanol–water partition coefficient (Wildman–Crippen LogP) is 2.61. The van der Waals surface area contributed by atoms with E-state index in [1.807, 2.05) is 11.8 Å². The molecule has 2 aromatic rings. The number of hydrogen-bond donors (Lipinski definition) is 1. The maximum atomic E-state index is 13.2. The van der Waals surface area contributed by atoms with Crippen LogP contribution in [0.2, 0.25) is 0 Å². The van der Waals surface area contributed by atoms with Crippen LogP contribution in [0.3, 0.4) is 0 Å². The second-order valence-corrected chi connectivity index (χ2v) is 9.54. The second kappa shape index (κ2) is 9.08. The molecule has 33 heavy (non-hydrogen) atoms. The fourth-order valence-electron chi connectivity index (χ4n) is 5.37. The number of amides is 2. The number of pyridine rings is 1. The van der Waals surface area contributed by atoms with Crippen molar-refractivity contribution in [2.75, 3.05) is 26.2 Å². The number of aromatic nitrogens is 3. The number of fused-ring (bicyclic) bond motifs is 1. The van der Waals surface area contributed by atoms with Gasteiger partial charge in [0.2, 0.25) is 0 Å². The second-order valence-electron chi connectivity index (χ2n) is 9.54. The molecule has 174 valence electrons. The van der Waals surface area contributed by atoms with Gasteiger partial charge in [-0.3, -0.25) is 14.4 Å². The Hall–Kier alpha value is -3.03. The topological polar surface area (TPSA) is 99.3 Å². The third-order valence-corrected chi connectivity index (χ3v) is 7.26. The van der Waals surface area contributed by atoms with Gasteiger partial charge in [-0.2, -0.15) is 0 Å². The molecule has 8 nitrogen and oxygen atoms in total. The summed E-state index contributed by atoms with van der Waals surface area (Å²) in [7, 11) is 0. The van der Waals surface area contributed by atoms with Gasteiger partial charge in [-0.1, -0.05) is 0 Å². The van der Waals surface area contributed by atoms with Gasteiger partial charge >= 0.3 is 0 Å². The van der Waals surface area contributed by atoms with Crippen molar-refractivity contribution in [2.24, 2.45) is 0 Å². The smallest absolute Gasteiger partial charge is 0.261 e. The van der Waals surface area contributed by atoms with Crippen LogP contribution in [-0.2, 0) is 12.8 Å². The fraction of sp³-hybridized carbons (Fsp3) is 0.560. The summed E-state index contributed by atoms with van der Waals surface area (Å²) in [6.45, 7) is 4.55. The van der Waals surface area contributed by atoms with Gasteiger partial charge in [-0.25, -0.2) is 9.97 Å². The predicted molar refractivity (Wildman–Crippen MR) is 123 cm³/mol. The first kappa shape index (κ1) is 21.8. The highest BCUT2D eigenvalue weighted by atomic mass is 16.2. The summed E-state index contributed by atoms with van der Waals surface area (Å²) in [5.41, 5.74) is 3.24. The van der Waals surface area contributed by atoms with Gasteiger partial charge in [0.05, 0.1) is 11.3 Å². The minimum absolute atomic E-state index is 0.00551. The highest BCUT2D eigenvalue weighted by Crippen LogP contribution is 2.27. The van der Waals surface area contributed by atoms with E-state index < -0.39 is 0 Å².